The Balaban J connectivity index is 1.10. The summed E-state index contributed by atoms with van der Waals surface area (Å²) in [6.07, 6.45) is 4.36. The molecule has 0 aliphatic carbocycles. The SMILES string of the molecule is CC(=O)N1CCC(Nc2cc(C(=O)NCC(O)CN3CCc4c(C)c(OCc5ocnc5C)cc(F)c4C3)ccn2)CC1. The molecule has 1 fully saturated rings. The van der Waals surface area contributed by atoms with Crippen LogP contribution in [0.4, 0.5) is 10.2 Å². The summed E-state index contributed by atoms with van der Waals surface area (Å²) in [6, 6.07) is 4.90. The maximum absolute atomic E-state index is 15.2. The maximum atomic E-state index is 15.2. The van der Waals surface area contributed by atoms with Gasteiger partial charge in [-0.15, -0.1) is 0 Å². The van der Waals surface area contributed by atoms with Gasteiger partial charge in [0.25, 0.3) is 5.91 Å². The molecule has 2 aliphatic heterocycles. The van der Waals surface area contributed by atoms with Crippen molar-refractivity contribution in [3.05, 3.63) is 70.3 Å². The molecule has 12 heteroatoms. The topological polar surface area (TPSA) is 133 Å². The molecule has 2 aromatic heterocycles. The molecule has 0 saturated carbocycles. The second-order valence-corrected chi connectivity index (χ2v) is 11.3. The molecule has 1 saturated heterocycles. The van der Waals surface area contributed by atoms with Crippen LogP contribution >= 0.6 is 0 Å². The van der Waals surface area contributed by atoms with Crippen LogP contribution in [0.25, 0.3) is 0 Å². The van der Waals surface area contributed by atoms with E-state index in [-0.39, 0.29) is 36.8 Å². The number of ether oxygens (including phenoxy) is 1. The molecule has 0 bridgehead atoms. The lowest BCUT2D eigenvalue weighted by atomic mass is 9.93. The number of nitrogens with zero attached hydrogens (tertiary/aromatic N) is 4. The van der Waals surface area contributed by atoms with Crippen LogP contribution in [0, 0.1) is 19.7 Å². The Kier molecular flexibility index (Phi) is 9.56. The van der Waals surface area contributed by atoms with E-state index in [9.17, 15) is 14.7 Å². The van der Waals surface area contributed by atoms with Crippen LogP contribution in [0.15, 0.2) is 35.2 Å². The summed E-state index contributed by atoms with van der Waals surface area (Å²) in [5.41, 5.74) is 3.60. The molecule has 2 aliphatic rings. The number of β-amino-alcohol motifs (C(OH)–C–C–N with tert-alkyl or cyclic N) is 1. The van der Waals surface area contributed by atoms with Gasteiger partial charge in [-0.3, -0.25) is 14.5 Å². The maximum Gasteiger partial charge on any atom is 0.251 e. The highest BCUT2D eigenvalue weighted by Crippen LogP contribution is 2.32. The summed E-state index contributed by atoms with van der Waals surface area (Å²) in [7, 11) is 0. The molecular weight excluding hydrogens is 555 g/mol. The number of rotatable bonds is 10. The molecule has 0 spiro atoms. The van der Waals surface area contributed by atoms with Gasteiger partial charge in [-0.05, 0) is 56.4 Å². The number of likely N-dealkylation sites (tertiary alicyclic amines) is 1. The first-order valence-corrected chi connectivity index (χ1v) is 14.7. The predicted molar refractivity (Wildman–Crippen MR) is 157 cm³/mol. The van der Waals surface area contributed by atoms with Crippen LogP contribution in [0.5, 0.6) is 5.75 Å². The number of hydrogen-bond donors (Lipinski definition) is 3. The summed E-state index contributed by atoms with van der Waals surface area (Å²) in [5, 5.41) is 16.8. The molecular formula is C31H39FN6O5. The fourth-order valence-corrected chi connectivity index (χ4v) is 5.70. The number of nitrogens with one attached hydrogen (secondary N) is 2. The van der Waals surface area contributed by atoms with Gasteiger partial charge < -0.3 is 29.8 Å². The molecule has 4 heterocycles. The van der Waals surface area contributed by atoms with Crippen molar-refractivity contribution in [1.29, 1.82) is 0 Å². The van der Waals surface area contributed by atoms with E-state index in [1.165, 1.54) is 12.5 Å². The minimum absolute atomic E-state index is 0.0616. The normalized spacial score (nSPS) is 16.4. The van der Waals surface area contributed by atoms with Gasteiger partial charge >= 0.3 is 0 Å². The fraction of sp³-hybridized carbons (Fsp3) is 0.484. The zero-order chi connectivity index (χ0) is 30.5. The van der Waals surface area contributed by atoms with Gasteiger partial charge in [0.2, 0.25) is 5.91 Å². The zero-order valence-corrected chi connectivity index (χ0v) is 24.9. The van der Waals surface area contributed by atoms with E-state index in [0.717, 1.165) is 29.7 Å². The van der Waals surface area contributed by atoms with Crippen LogP contribution in [0.3, 0.4) is 0 Å². The summed E-state index contributed by atoms with van der Waals surface area (Å²) in [5.74, 6) is 1.11. The Bertz CT molecular complexity index is 1450. The molecule has 3 aromatic rings. The van der Waals surface area contributed by atoms with Gasteiger partial charge in [-0.1, -0.05) is 0 Å². The van der Waals surface area contributed by atoms with Gasteiger partial charge in [-0.2, -0.15) is 0 Å². The molecule has 1 aromatic carbocycles. The Morgan fingerprint density at radius 3 is 2.70 bits per heavy atom. The van der Waals surface area contributed by atoms with E-state index in [1.807, 2.05) is 23.6 Å². The number of benzene rings is 1. The number of anilines is 1. The number of hydrogen-bond acceptors (Lipinski definition) is 9. The van der Waals surface area contributed by atoms with Crippen molar-refractivity contribution in [2.24, 2.45) is 0 Å². The van der Waals surface area contributed by atoms with Gasteiger partial charge in [0.1, 0.15) is 24.0 Å². The second kappa shape index (κ2) is 13.5. The Morgan fingerprint density at radius 1 is 1.19 bits per heavy atom. The second-order valence-electron chi connectivity index (χ2n) is 11.3. The Hall–Kier alpha value is -4.03. The molecule has 43 heavy (non-hydrogen) atoms. The van der Waals surface area contributed by atoms with Gasteiger partial charge in [-0.25, -0.2) is 14.4 Å². The van der Waals surface area contributed by atoms with E-state index in [0.29, 0.717) is 67.6 Å². The molecule has 5 rings (SSSR count). The van der Waals surface area contributed by atoms with E-state index in [4.69, 9.17) is 9.15 Å². The molecule has 230 valence electrons. The smallest absolute Gasteiger partial charge is 0.251 e. The van der Waals surface area contributed by atoms with Gasteiger partial charge in [0, 0.05) is 75.6 Å². The van der Waals surface area contributed by atoms with Crippen molar-refractivity contribution in [2.45, 2.75) is 65.3 Å². The van der Waals surface area contributed by atoms with Crippen molar-refractivity contribution in [3.63, 3.8) is 0 Å². The number of carbonyl (C=O) groups is 2. The Labute approximate surface area is 250 Å². The summed E-state index contributed by atoms with van der Waals surface area (Å²) in [6.45, 7) is 8.26. The van der Waals surface area contributed by atoms with E-state index < -0.39 is 6.10 Å². The van der Waals surface area contributed by atoms with Crippen molar-refractivity contribution in [2.75, 3.05) is 38.0 Å². The molecule has 3 N–H and O–H groups in total. The lowest BCUT2D eigenvalue weighted by Gasteiger charge is -2.32. The number of aliphatic hydroxyl groups is 1. The highest BCUT2D eigenvalue weighted by Gasteiger charge is 2.26. The number of aromatic nitrogens is 2. The molecule has 1 unspecified atom stereocenters. The number of carbonyl (C=O) groups excluding carboxylic acids is 2. The van der Waals surface area contributed by atoms with E-state index in [1.54, 1.807) is 25.3 Å². The Morgan fingerprint density at radius 2 is 1.98 bits per heavy atom. The lowest BCUT2D eigenvalue weighted by molar-refractivity contribution is -0.129. The average Bonchev–Trinajstić information content (AvgIpc) is 3.41. The van der Waals surface area contributed by atoms with Crippen LogP contribution in [-0.2, 0) is 24.4 Å². The first kappa shape index (κ1) is 30.4. The number of oxazole rings is 1. The van der Waals surface area contributed by atoms with Gasteiger partial charge in [0.05, 0.1) is 11.8 Å². The van der Waals surface area contributed by atoms with Crippen LogP contribution < -0.4 is 15.4 Å². The summed E-state index contributed by atoms with van der Waals surface area (Å²) in [4.78, 5) is 36.6. The highest BCUT2D eigenvalue weighted by molar-refractivity contribution is 5.94. The zero-order valence-electron chi connectivity index (χ0n) is 24.9. The number of pyridine rings is 1. The highest BCUT2D eigenvalue weighted by atomic mass is 19.1. The number of fused-ring (bicyclic) bond motifs is 1. The first-order chi connectivity index (χ1) is 20.7. The summed E-state index contributed by atoms with van der Waals surface area (Å²) >= 11 is 0. The van der Waals surface area contributed by atoms with Crippen LogP contribution in [0.2, 0.25) is 0 Å². The largest absolute Gasteiger partial charge is 0.485 e. The van der Waals surface area contributed by atoms with Gasteiger partial charge in [0.15, 0.2) is 12.2 Å². The number of amides is 2. The number of aryl methyl sites for hydroxylation is 1. The molecule has 0 radical (unpaired) electrons. The van der Waals surface area contributed by atoms with Crippen LogP contribution in [0.1, 0.15) is 58.3 Å². The number of aliphatic hydroxyl groups excluding tert-OH is 1. The fourth-order valence-electron chi connectivity index (χ4n) is 5.70. The molecule has 1 atom stereocenters. The van der Waals surface area contributed by atoms with Crippen LogP contribution in [-0.4, -0.2) is 81.6 Å². The monoisotopic (exact) mass is 594 g/mol. The van der Waals surface area contributed by atoms with Crippen molar-refractivity contribution in [1.82, 2.24) is 25.1 Å². The van der Waals surface area contributed by atoms with E-state index in [2.05, 4.69) is 20.6 Å². The third kappa shape index (κ3) is 7.49. The summed E-state index contributed by atoms with van der Waals surface area (Å²) < 4.78 is 26.3. The third-order valence-electron chi connectivity index (χ3n) is 8.28. The molecule has 11 nitrogen and oxygen atoms in total. The number of piperidine rings is 1. The average molecular weight is 595 g/mol. The predicted octanol–water partition coefficient (Wildman–Crippen LogP) is 2.98. The lowest BCUT2D eigenvalue weighted by Crippen LogP contribution is -2.42. The third-order valence-corrected chi connectivity index (χ3v) is 8.28. The van der Waals surface area contributed by atoms with E-state index >= 15 is 4.39 Å². The molecule has 2 amide bonds. The minimum atomic E-state index is -0.826. The first-order valence-electron chi connectivity index (χ1n) is 14.7. The minimum Gasteiger partial charge on any atom is -0.485 e. The van der Waals surface area contributed by atoms with Crippen molar-refractivity contribution in [3.8, 4) is 5.75 Å². The van der Waals surface area contributed by atoms with Crippen molar-refractivity contribution < 1.29 is 28.2 Å². The number of halogens is 1. The quantitative estimate of drug-likeness (QED) is 0.324. The standard InChI is InChI=1S/C31H39FN6O5/c1-19-25-7-9-37(16-26(25)27(32)13-28(19)42-17-29-20(2)35-18-43-29)15-24(40)14-34-31(41)22-4-8-33-30(12-22)36-23-5-10-38(11-6-23)21(3)39/h4,8,12-13,18,23-24,40H,5-7,9-11,14-17H2,1-3H3,(H,33,36)(H,34,41). The van der Waals surface area contributed by atoms with Crippen molar-refractivity contribution >= 4 is 17.6 Å².